The lowest BCUT2D eigenvalue weighted by Crippen LogP contribution is -2.55. The maximum Gasteiger partial charge on any atom is 0.290 e. The number of para-hydroxylation sites is 1. The van der Waals surface area contributed by atoms with Gasteiger partial charge in [-0.15, -0.1) is 0 Å². The van der Waals surface area contributed by atoms with Gasteiger partial charge in [0.2, 0.25) is 11.7 Å². The summed E-state index contributed by atoms with van der Waals surface area (Å²) in [6.45, 7) is -0.319. The molecule has 0 radical (unpaired) electrons. The molecule has 1 amide bonds. The van der Waals surface area contributed by atoms with Gasteiger partial charge < -0.3 is 9.64 Å². The van der Waals surface area contributed by atoms with Crippen molar-refractivity contribution in [1.82, 2.24) is 19.3 Å². The highest BCUT2D eigenvalue weighted by Gasteiger charge is 2.47. The van der Waals surface area contributed by atoms with Crippen LogP contribution in [0.15, 0.2) is 67.0 Å². The maximum absolute atomic E-state index is 14.6. The van der Waals surface area contributed by atoms with E-state index >= 15 is 0 Å². The normalized spacial score (nSPS) is 18.6. The van der Waals surface area contributed by atoms with Gasteiger partial charge in [-0.2, -0.15) is 0 Å². The molecular formula is C22H18F2N4O2. The van der Waals surface area contributed by atoms with Crippen molar-refractivity contribution in [3.05, 3.63) is 72.8 Å². The minimum absolute atomic E-state index is 0.0708. The van der Waals surface area contributed by atoms with Crippen LogP contribution in [0.5, 0.6) is 5.88 Å². The lowest BCUT2D eigenvalue weighted by Gasteiger charge is -2.37. The minimum Gasteiger partial charge on any atom is -0.466 e. The van der Waals surface area contributed by atoms with Crippen LogP contribution >= 0.6 is 0 Å². The van der Waals surface area contributed by atoms with Crippen molar-refractivity contribution in [1.29, 1.82) is 0 Å². The first kappa shape index (κ1) is 18.5. The lowest BCUT2D eigenvalue weighted by atomic mass is 10.0. The van der Waals surface area contributed by atoms with Crippen LogP contribution in [0, 0.1) is 0 Å². The predicted octanol–water partition coefficient (Wildman–Crippen LogP) is 3.81. The quantitative estimate of drug-likeness (QED) is 0.517. The first-order valence-electron chi connectivity index (χ1n) is 9.63. The predicted molar refractivity (Wildman–Crippen MR) is 107 cm³/mol. The van der Waals surface area contributed by atoms with Crippen molar-refractivity contribution in [2.45, 2.75) is 18.4 Å². The Hall–Kier alpha value is -3.55. The van der Waals surface area contributed by atoms with E-state index in [1.807, 2.05) is 30.3 Å². The van der Waals surface area contributed by atoms with Gasteiger partial charge in [0.05, 0.1) is 23.8 Å². The summed E-state index contributed by atoms with van der Waals surface area (Å²) in [7, 11) is 0. The molecule has 0 N–H and O–H groups in total. The number of imidazole rings is 1. The van der Waals surface area contributed by atoms with Gasteiger partial charge in [0.15, 0.2) is 6.10 Å². The Bertz CT molecular complexity index is 1240. The number of piperidine rings is 1. The molecule has 1 aliphatic rings. The molecule has 4 heterocycles. The van der Waals surface area contributed by atoms with Crippen LogP contribution < -0.4 is 4.74 Å². The number of ether oxygens (including phenoxy) is 1. The molecule has 4 aromatic rings. The zero-order chi connectivity index (χ0) is 20.7. The van der Waals surface area contributed by atoms with E-state index in [2.05, 4.69) is 9.97 Å². The van der Waals surface area contributed by atoms with Crippen molar-refractivity contribution in [2.24, 2.45) is 0 Å². The summed E-state index contributed by atoms with van der Waals surface area (Å²) in [5.74, 6) is -3.17. The van der Waals surface area contributed by atoms with E-state index < -0.39 is 24.4 Å². The van der Waals surface area contributed by atoms with E-state index in [0.29, 0.717) is 5.52 Å². The van der Waals surface area contributed by atoms with Gasteiger partial charge in [-0.3, -0.25) is 9.20 Å². The molecule has 30 heavy (non-hydrogen) atoms. The maximum atomic E-state index is 14.6. The van der Waals surface area contributed by atoms with E-state index in [9.17, 15) is 13.6 Å². The second-order valence-corrected chi connectivity index (χ2v) is 7.29. The minimum atomic E-state index is -3.07. The highest BCUT2D eigenvalue weighted by atomic mass is 19.3. The van der Waals surface area contributed by atoms with Crippen molar-refractivity contribution < 1.29 is 18.3 Å². The Morgan fingerprint density at radius 3 is 2.83 bits per heavy atom. The van der Waals surface area contributed by atoms with Crippen LogP contribution in [0.1, 0.15) is 17.0 Å². The van der Waals surface area contributed by atoms with Crippen LogP contribution in [0.4, 0.5) is 8.78 Å². The number of amides is 1. The smallest absolute Gasteiger partial charge is 0.290 e. The van der Waals surface area contributed by atoms with Gasteiger partial charge in [-0.25, -0.2) is 18.7 Å². The van der Waals surface area contributed by atoms with Crippen LogP contribution in [0.3, 0.4) is 0 Å². The van der Waals surface area contributed by atoms with Gasteiger partial charge in [0.1, 0.15) is 0 Å². The van der Waals surface area contributed by atoms with Gasteiger partial charge in [0, 0.05) is 30.6 Å². The molecule has 5 rings (SSSR count). The number of aromatic nitrogens is 3. The molecule has 6 nitrogen and oxygen atoms in total. The zero-order valence-electron chi connectivity index (χ0n) is 15.9. The van der Waals surface area contributed by atoms with E-state index in [-0.39, 0.29) is 24.8 Å². The monoisotopic (exact) mass is 408 g/mol. The molecule has 0 unspecified atom stereocenters. The number of carbonyl (C=O) groups excluding carboxylic acids is 1. The number of pyridine rings is 2. The molecule has 0 aliphatic carbocycles. The molecule has 1 atom stereocenters. The fourth-order valence-electron chi connectivity index (χ4n) is 3.68. The molecule has 3 aromatic heterocycles. The first-order chi connectivity index (χ1) is 14.5. The largest absolute Gasteiger partial charge is 0.466 e. The Morgan fingerprint density at radius 2 is 1.93 bits per heavy atom. The van der Waals surface area contributed by atoms with Crippen molar-refractivity contribution >= 4 is 22.3 Å². The van der Waals surface area contributed by atoms with Gasteiger partial charge in [0.25, 0.3) is 11.8 Å². The summed E-state index contributed by atoms with van der Waals surface area (Å²) in [4.78, 5) is 22.9. The van der Waals surface area contributed by atoms with Gasteiger partial charge in [-0.05, 0) is 24.3 Å². The number of fused-ring (bicyclic) bond motifs is 2. The Labute approximate surface area is 170 Å². The van der Waals surface area contributed by atoms with Crippen LogP contribution in [-0.2, 0) is 0 Å². The summed E-state index contributed by atoms with van der Waals surface area (Å²) in [5, 5.41) is 0.892. The third-order valence-corrected chi connectivity index (χ3v) is 5.33. The SMILES string of the molecule is O=C(c1ncc2ccccn12)N1CCC(F)(F)[C@@H](Oc2ccc3ccccc3n2)C1. The fourth-order valence-corrected chi connectivity index (χ4v) is 3.68. The molecule has 1 fully saturated rings. The Kier molecular flexibility index (Phi) is 4.34. The number of benzene rings is 1. The third kappa shape index (κ3) is 3.24. The average molecular weight is 408 g/mol. The molecule has 152 valence electrons. The van der Waals surface area contributed by atoms with E-state index in [1.165, 1.54) is 4.90 Å². The van der Waals surface area contributed by atoms with Crippen LogP contribution in [0.25, 0.3) is 16.4 Å². The van der Waals surface area contributed by atoms with Crippen LogP contribution in [0.2, 0.25) is 0 Å². The van der Waals surface area contributed by atoms with Crippen molar-refractivity contribution in [3.63, 3.8) is 0 Å². The topological polar surface area (TPSA) is 59.7 Å². The summed E-state index contributed by atoms with van der Waals surface area (Å²) in [6.07, 6.45) is 1.33. The van der Waals surface area contributed by atoms with Crippen LogP contribution in [-0.4, -0.2) is 50.3 Å². The van der Waals surface area contributed by atoms with Gasteiger partial charge in [-0.1, -0.05) is 24.3 Å². The zero-order valence-corrected chi connectivity index (χ0v) is 15.9. The summed E-state index contributed by atoms with van der Waals surface area (Å²) >= 11 is 0. The lowest BCUT2D eigenvalue weighted by molar-refractivity contribution is -0.131. The molecule has 0 bridgehead atoms. The number of hydrogen-bond donors (Lipinski definition) is 0. The standard InChI is InChI=1S/C22H18F2N4O2/c23-22(24)10-12-27(21(29)20-25-13-16-6-3-4-11-28(16)20)14-18(22)30-19-9-8-15-5-1-2-7-17(15)26-19/h1-9,11,13,18H,10,12,14H2/t18-/m0/s1. The number of hydrogen-bond acceptors (Lipinski definition) is 4. The molecule has 1 saturated heterocycles. The molecule has 1 aliphatic heterocycles. The second-order valence-electron chi connectivity index (χ2n) is 7.29. The highest BCUT2D eigenvalue weighted by molar-refractivity contribution is 5.92. The first-order valence-corrected chi connectivity index (χ1v) is 9.63. The Morgan fingerprint density at radius 1 is 1.10 bits per heavy atom. The summed E-state index contributed by atoms with van der Waals surface area (Å²) in [6, 6.07) is 16.2. The molecule has 1 aromatic carbocycles. The highest BCUT2D eigenvalue weighted by Crippen LogP contribution is 2.32. The Balaban J connectivity index is 1.39. The van der Waals surface area contributed by atoms with Gasteiger partial charge >= 0.3 is 0 Å². The molecular weight excluding hydrogens is 390 g/mol. The van der Waals surface area contributed by atoms with E-state index in [0.717, 1.165) is 10.9 Å². The summed E-state index contributed by atoms with van der Waals surface area (Å²) in [5.41, 5.74) is 1.42. The number of rotatable bonds is 3. The number of nitrogens with zero attached hydrogens (tertiary/aromatic N) is 4. The van der Waals surface area contributed by atoms with Crippen molar-refractivity contribution in [2.75, 3.05) is 13.1 Å². The molecule has 0 saturated carbocycles. The number of carbonyl (C=O) groups is 1. The fraction of sp³-hybridized carbons (Fsp3) is 0.227. The molecule has 0 spiro atoms. The molecule has 8 heteroatoms. The number of likely N-dealkylation sites (tertiary alicyclic amines) is 1. The van der Waals surface area contributed by atoms with E-state index in [4.69, 9.17) is 4.74 Å². The number of alkyl halides is 2. The number of halogens is 2. The third-order valence-electron chi connectivity index (χ3n) is 5.33. The average Bonchev–Trinajstić information content (AvgIpc) is 3.19. The van der Waals surface area contributed by atoms with Crippen molar-refractivity contribution in [3.8, 4) is 5.88 Å². The van der Waals surface area contributed by atoms with E-state index in [1.54, 1.807) is 41.1 Å². The second kappa shape index (κ2) is 7.05. The summed E-state index contributed by atoms with van der Waals surface area (Å²) < 4.78 is 36.4.